The summed E-state index contributed by atoms with van der Waals surface area (Å²) in [5, 5.41) is 0. The van der Waals surface area contributed by atoms with E-state index in [0.717, 1.165) is 72.9 Å². The molecule has 0 saturated carbocycles. The Kier molecular flexibility index (Phi) is 5.84. The number of carbonyl (C=O) groups excluding carboxylic acids is 1. The van der Waals surface area contributed by atoms with Crippen LogP contribution in [-0.2, 0) is 11.3 Å². The van der Waals surface area contributed by atoms with Crippen molar-refractivity contribution >= 4 is 27.8 Å². The molecule has 3 aliphatic rings. The van der Waals surface area contributed by atoms with E-state index in [-0.39, 0.29) is 5.78 Å². The maximum atomic E-state index is 13.1. The highest BCUT2D eigenvalue weighted by molar-refractivity contribution is 9.10. The first kappa shape index (κ1) is 20.7. The average molecular weight is 485 g/mol. The summed E-state index contributed by atoms with van der Waals surface area (Å²) < 4.78 is 18.5. The zero-order valence-electron chi connectivity index (χ0n) is 17.5. The molecule has 6 nitrogen and oxygen atoms in total. The highest BCUT2D eigenvalue weighted by Gasteiger charge is 2.33. The standard InChI is InChI=1S/C24H25BrN2O4/c1-16-23-18(14-27(15-30-23)6-5-26-7-9-29-10-8-26)13-20-22(28)21(31-24(16)20)12-17-3-2-4-19(25)11-17/h2-4,11-13H,5-10,14-15H2,1H3/b21-12-. The van der Waals surface area contributed by atoms with E-state index in [9.17, 15) is 4.79 Å². The summed E-state index contributed by atoms with van der Waals surface area (Å²) in [4.78, 5) is 17.8. The number of hydrogen-bond donors (Lipinski definition) is 0. The second-order valence-corrected chi connectivity index (χ2v) is 9.06. The largest absolute Gasteiger partial charge is 0.477 e. The second-order valence-electron chi connectivity index (χ2n) is 8.14. The molecule has 2 aromatic carbocycles. The van der Waals surface area contributed by atoms with Crippen LogP contribution in [0.25, 0.3) is 6.08 Å². The molecular formula is C24H25BrN2O4. The van der Waals surface area contributed by atoms with Gasteiger partial charge in [0.25, 0.3) is 0 Å². The molecule has 7 heteroatoms. The Morgan fingerprint density at radius 1 is 1.10 bits per heavy atom. The van der Waals surface area contributed by atoms with E-state index in [1.54, 1.807) is 6.08 Å². The van der Waals surface area contributed by atoms with Gasteiger partial charge in [-0.3, -0.25) is 14.6 Å². The van der Waals surface area contributed by atoms with Crippen LogP contribution >= 0.6 is 15.9 Å². The summed E-state index contributed by atoms with van der Waals surface area (Å²) in [7, 11) is 0. The Labute approximate surface area is 190 Å². The first-order chi connectivity index (χ1) is 15.1. The van der Waals surface area contributed by atoms with Gasteiger partial charge in [-0.25, -0.2) is 0 Å². The Bertz CT molecular complexity index is 1050. The molecule has 0 unspecified atom stereocenters. The monoisotopic (exact) mass is 484 g/mol. The fourth-order valence-electron chi connectivity index (χ4n) is 4.30. The third-order valence-corrected chi connectivity index (χ3v) is 6.48. The number of ether oxygens (including phenoxy) is 3. The van der Waals surface area contributed by atoms with E-state index in [4.69, 9.17) is 14.2 Å². The van der Waals surface area contributed by atoms with E-state index < -0.39 is 0 Å². The Morgan fingerprint density at radius 2 is 1.90 bits per heavy atom. The van der Waals surface area contributed by atoms with E-state index >= 15 is 0 Å². The van der Waals surface area contributed by atoms with Gasteiger partial charge in [0, 0.05) is 48.3 Å². The summed E-state index contributed by atoms with van der Waals surface area (Å²) in [5.41, 5.74) is 3.48. The zero-order chi connectivity index (χ0) is 21.4. The maximum absolute atomic E-state index is 13.1. The number of hydrogen-bond acceptors (Lipinski definition) is 6. The fourth-order valence-corrected chi connectivity index (χ4v) is 4.71. The van der Waals surface area contributed by atoms with Crippen molar-refractivity contribution in [2.75, 3.05) is 46.1 Å². The van der Waals surface area contributed by atoms with Crippen LogP contribution in [0.4, 0.5) is 0 Å². The number of carbonyl (C=O) groups is 1. The molecular weight excluding hydrogens is 460 g/mol. The van der Waals surface area contributed by atoms with Gasteiger partial charge < -0.3 is 14.2 Å². The van der Waals surface area contributed by atoms with Gasteiger partial charge in [-0.15, -0.1) is 0 Å². The number of rotatable bonds is 4. The van der Waals surface area contributed by atoms with Gasteiger partial charge in [0.05, 0.1) is 18.8 Å². The molecule has 0 spiro atoms. The number of ketones is 1. The second kappa shape index (κ2) is 8.74. The van der Waals surface area contributed by atoms with Gasteiger partial charge in [-0.2, -0.15) is 0 Å². The molecule has 0 radical (unpaired) electrons. The van der Waals surface area contributed by atoms with Crippen molar-refractivity contribution in [2.24, 2.45) is 0 Å². The van der Waals surface area contributed by atoms with Gasteiger partial charge in [-0.05, 0) is 36.8 Å². The first-order valence-corrected chi connectivity index (χ1v) is 11.4. The summed E-state index contributed by atoms with van der Waals surface area (Å²) in [6, 6.07) is 9.74. The third kappa shape index (κ3) is 4.28. The molecule has 3 aliphatic heterocycles. The third-order valence-electron chi connectivity index (χ3n) is 5.98. The smallest absolute Gasteiger partial charge is 0.231 e. The fraction of sp³-hybridized carbons (Fsp3) is 0.375. The van der Waals surface area contributed by atoms with E-state index in [1.807, 2.05) is 37.3 Å². The van der Waals surface area contributed by atoms with Crippen LogP contribution < -0.4 is 9.47 Å². The molecule has 0 N–H and O–H groups in total. The van der Waals surface area contributed by atoms with Gasteiger partial charge in [-0.1, -0.05) is 28.1 Å². The summed E-state index contributed by atoms with van der Waals surface area (Å²) in [6.45, 7) is 8.79. The van der Waals surface area contributed by atoms with Crippen molar-refractivity contribution in [3.8, 4) is 11.5 Å². The number of fused-ring (bicyclic) bond motifs is 2. The molecule has 162 valence electrons. The van der Waals surface area contributed by atoms with Crippen molar-refractivity contribution < 1.29 is 19.0 Å². The lowest BCUT2D eigenvalue weighted by Crippen LogP contribution is -2.43. The molecule has 0 amide bonds. The molecule has 31 heavy (non-hydrogen) atoms. The predicted molar refractivity (Wildman–Crippen MR) is 121 cm³/mol. The van der Waals surface area contributed by atoms with Gasteiger partial charge in [0.1, 0.15) is 18.2 Å². The van der Waals surface area contributed by atoms with Crippen molar-refractivity contribution in [2.45, 2.75) is 13.5 Å². The number of morpholine rings is 1. The summed E-state index contributed by atoms with van der Waals surface area (Å²) >= 11 is 3.47. The van der Waals surface area contributed by atoms with E-state index in [1.165, 1.54) is 0 Å². The van der Waals surface area contributed by atoms with Crippen LogP contribution in [0.2, 0.25) is 0 Å². The van der Waals surface area contributed by atoms with Gasteiger partial charge >= 0.3 is 0 Å². The van der Waals surface area contributed by atoms with Crippen molar-refractivity contribution in [3.05, 3.63) is 62.8 Å². The number of allylic oxidation sites excluding steroid dienone is 1. The molecule has 0 atom stereocenters. The van der Waals surface area contributed by atoms with Crippen molar-refractivity contribution in [1.82, 2.24) is 9.80 Å². The minimum absolute atomic E-state index is 0.0775. The number of halogens is 1. The number of Topliss-reactive ketones (excluding diaryl/α,β-unsaturated/α-hetero) is 1. The molecule has 2 aromatic rings. The van der Waals surface area contributed by atoms with Gasteiger partial charge in [0.2, 0.25) is 5.78 Å². The minimum Gasteiger partial charge on any atom is -0.477 e. The van der Waals surface area contributed by atoms with Crippen molar-refractivity contribution in [1.29, 1.82) is 0 Å². The van der Waals surface area contributed by atoms with Gasteiger partial charge in [0.15, 0.2) is 5.76 Å². The Balaban J connectivity index is 1.34. The molecule has 0 bridgehead atoms. The first-order valence-electron chi connectivity index (χ1n) is 10.6. The zero-order valence-corrected chi connectivity index (χ0v) is 19.1. The molecule has 3 heterocycles. The lowest BCUT2D eigenvalue weighted by molar-refractivity contribution is 0.0239. The predicted octanol–water partition coefficient (Wildman–Crippen LogP) is 3.86. The molecule has 1 saturated heterocycles. The molecule has 5 rings (SSSR count). The minimum atomic E-state index is -0.0775. The lowest BCUT2D eigenvalue weighted by Gasteiger charge is -2.33. The Hall–Kier alpha value is -2.19. The summed E-state index contributed by atoms with van der Waals surface area (Å²) in [5.74, 6) is 1.73. The molecule has 1 fully saturated rings. The SMILES string of the molecule is Cc1c2c(cc3c1O/C(=C\c1cccc(Br)c1)C3=O)CN(CCN1CCOCC1)CO2. The Morgan fingerprint density at radius 3 is 2.71 bits per heavy atom. The molecule has 0 aromatic heterocycles. The lowest BCUT2D eigenvalue weighted by atomic mass is 10.00. The van der Waals surface area contributed by atoms with Crippen LogP contribution in [0.3, 0.4) is 0 Å². The highest BCUT2D eigenvalue weighted by Crippen LogP contribution is 2.43. The topological polar surface area (TPSA) is 51.2 Å². The van der Waals surface area contributed by atoms with Crippen LogP contribution in [-0.4, -0.2) is 61.7 Å². The molecule has 0 aliphatic carbocycles. The van der Waals surface area contributed by atoms with Crippen molar-refractivity contribution in [3.63, 3.8) is 0 Å². The number of nitrogens with zero attached hydrogens (tertiary/aromatic N) is 2. The quantitative estimate of drug-likeness (QED) is 0.614. The van der Waals surface area contributed by atoms with Crippen LogP contribution in [0.15, 0.2) is 40.6 Å². The van der Waals surface area contributed by atoms with E-state index in [0.29, 0.717) is 23.8 Å². The number of benzene rings is 2. The highest BCUT2D eigenvalue weighted by atomic mass is 79.9. The van der Waals surface area contributed by atoms with E-state index in [2.05, 4.69) is 25.7 Å². The van der Waals surface area contributed by atoms with Crippen LogP contribution in [0, 0.1) is 6.92 Å². The average Bonchev–Trinajstić information content (AvgIpc) is 3.09. The van der Waals surface area contributed by atoms with Crippen LogP contribution in [0.1, 0.15) is 27.0 Å². The summed E-state index contributed by atoms with van der Waals surface area (Å²) in [6.07, 6.45) is 1.79. The maximum Gasteiger partial charge on any atom is 0.231 e. The normalized spacial score (nSPS) is 20.3. The van der Waals surface area contributed by atoms with Crippen LogP contribution in [0.5, 0.6) is 11.5 Å².